The van der Waals surface area contributed by atoms with E-state index < -0.39 is 5.82 Å². The highest BCUT2D eigenvalue weighted by Gasteiger charge is 2.30. The van der Waals surface area contributed by atoms with Crippen LogP contribution in [0.25, 0.3) is 0 Å². The first-order valence-corrected chi connectivity index (χ1v) is 7.09. The first-order chi connectivity index (χ1) is 10.1. The summed E-state index contributed by atoms with van der Waals surface area (Å²) >= 11 is 5.72. The summed E-state index contributed by atoms with van der Waals surface area (Å²) in [5, 5.41) is 3.24. The number of benzene rings is 2. The highest BCUT2D eigenvalue weighted by Crippen LogP contribution is 2.32. The maximum atomic E-state index is 13.7. The second-order valence-electron chi connectivity index (χ2n) is 5.09. The summed E-state index contributed by atoms with van der Waals surface area (Å²) in [6, 6.07) is 10.6. The molecule has 1 fully saturated rings. The zero-order chi connectivity index (χ0) is 14.8. The number of ether oxygens (including phenoxy) is 1. The quantitative estimate of drug-likeness (QED) is 0.923. The monoisotopic (exact) mass is 309 g/mol. The van der Waals surface area contributed by atoms with Crippen LogP contribution in [-0.4, -0.2) is 13.1 Å². The van der Waals surface area contributed by atoms with Gasteiger partial charge in [0, 0.05) is 25.1 Å². The molecular weight excluding hydrogens is 296 g/mol. The van der Waals surface area contributed by atoms with Crippen molar-refractivity contribution in [1.29, 1.82) is 0 Å². The van der Waals surface area contributed by atoms with Gasteiger partial charge in [0.1, 0.15) is 23.5 Å². The fourth-order valence-electron chi connectivity index (χ4n) is 2.34. The molecule has 2 aromatic rings. The van der Waals surface area contributed by atoms with Crippen molar-refractivity contribution in [3.8, 4) is 5.75 Å². The van der Waals surface area contributed by atoms with Gasteiger partial charge in [0.25, 0.3) is 0 Å². The van der Waals surface area contributed by atoms with Crippen molar-refractivity contribution in [1.82, 2.24) is 5.32 Å². The van der Waals surface area contributed by atoms with Crippen molar-refractivity contribution < 1.29 is 13.5 Å². The third kappa shape index (κ3) is 3.17. The smallest absolute Gasteiger partial charge is 0.142 e. The molecule has 0 aromatic heterocycles. The third-order valence-corrected chi connectivity index (χ3v) is 3.88. The summed E-state index contributed by atoms with van der Waals surface area (Å²) in [4.78, 5) is 0. The van der Waals surface area contributed by atoms with E-state index in [-0.39, 0.29) is 22.9 Å². The van der Waals surface area contributed by atoms with Gasteiger partial charge in [0.15, 0.2) is 0 Å². The Hall–Kier alpha value is -1.65. The van der Waals surface area contributed by atoms with E-state index in [0.717, 1.165) is 13.1 Å². The normalized spacial score (nSPS) is 16.3. The van der Waals surface area contributed by atoms with Crippen LogP contribution in [0.5, 0.6) is 5.75 Å². The Kier molecular flexibility index (Phi) is 4.08. The lowest BCUT2D eigenvalue weighted by atomic mass is 9.90. The van der Waals surface area contributed by atoms with Crippen LogP contribution in [0.15, 0.2) is 42.5 Å². The van der Waals surface area contributed by atoms with Crippen molar-refractivity contribution in [2.45, 2.75) is 6.10 Å². The molecule has 1 aliphatic heterocycles. The third-order valence-electron chi connectivity index (χ3n) is 3.57. The Bertz CT molecular complexity index is 646. The van der Waals surface area contributed by atoms with Gasteiger partial charge >= 0.3 is 0 Å². The molecule has 0 amide bonds. The van der Waals surface area contributed by atoms with E-state index >= 15 is 0 Å². The summed E-state index contributed by atoms with van der Waals surface area (Å²) in [6.45, 7) is 1.56. The Morgan fingerprint density at radius 3 is 2.57 bits per heavy atom. The van der Waals surface area contributed by atoms with Crippen LogP contribution in [0.3, 0.4) is 0 Å². The maximum absolute atomic E-state index is 13.7. The van der Waals surface area contributed by atoms with Crippen molar-refractivity contribution >= 4 is 11.6 Å². The Labute approximate surface area is 126 Å². The van der Waals surface area contributed by atoms with Gasteiger partial charge < -0.3 is 10.1 Å². The van der Waals surface area contributed by atoms with Gasteiger partial charge in [-0.1, -0.05) is 23.7 Å². The first kappa shape index (κ1) is 14.3. The maximum Gasteiger partial charge on any atom is 0.142 e. The average molecular weight is 310 g/mol. The van der Waals surface area contributed by atoms with Gasteiger partial charge in [0.2, 0.25) is 0 Å². The second kappa shape index (κ2) is 6.00. The minimum Gasteiger partial charge on any atom is -0.485 e. The Balaban J connectivity index is 1.88. The SMILES string of the molecule is Fc1cccc(OC(c2ccc(Cl)c(F)c2)C2CNC2)c1. The molecule has 1 N–H and O–H groups in total. The van der Waals surface area contributed by atoms with Gasteiger partial charge in [-0.15, -0.1) is 0 Å². The van der Waals surface area contributed by atoms with E-state index in [1.54, 1.807) is 18.2 Å². The average Bonchev–Trinajstić information content (AvgIpc) is 2.39. The number of hydrogen-bond acceptors (Lipinski definition) is 2. The Morgan fingerprint density at radius 1 is 1.14 bits per heavy atom. The predicted molar refractivity (Wildman–Crippen MR) is 77.5 cm³/mol. The largest absolute Gasteiger partial charge is 0.485 e. The van der Waals surface area contributed by atoms with Crippen LogP contribution in [0, 0.1) is 17.6 Å². The Morgan fingerprint density at radius 2 is 1.95 bits per heavy atom. The molecule has 2 nitrogen and oxygen atoms in total. The van der Waals surface area contributed by atoms with Gasteiger partial charge in [0.05, 0.1) is 5.02 Å². The molecule has 2 aromatic carbocycles. The lowest BCUT2D eigenvalue weighted by Crippen LogP contribution is -2.46. The predicted octanol–water partition coefficient (Wildman–Crippen LogP) is 3.96. The molecule has 1 aliphatic rings. The molecule has 0 radical (unpaired) electrons. The number of halogens is 3. The molecule has 0 saturated carbocycles. The first-order valence-electron chi connectivity index (χ1n) is 6.71. The molecule has 0 spiro atoms. The zero-order valence-electron chi connectivity index (χ0n) is 11.2. The summed E-state index contributed by atoms with van der Waals surface area (Å²) in [5.74, 6) is -0.189. The minimum absolute atomic E-state index is 0.0787. The van der Waals surface area contributed by atoms with Crippen molar-refractivity contribution in [3.05, 3.63) is 64.7 Å². The van der Waals surface area contributed by atoms with Crippen LogP contribution in [0.2, 0.25) is 5.02 Å². The van der Waals surface area contributed by atoms with E-state index in [9.17, 15) is 8.78 Å². The minimum atomic E-state index is -0.478. The van der Waals surface area contributed by atoms with Crippen LogP contribution < -0.4 is 10.1 Å². The zero-order valence-corrected chi connectivity index (χ0v) is 11.9. The topological polar surface area (TPSA) is 21.3 Å². The number of hydrogen-bond donors (Lipinski definition) is 1. The van der Waals surface area contributed by atoms with Crippen molar-refractivity contribution in [2.75, 3.05) is 13.1 Å². The second-order valence-corrected chi connectivity index (χ2v) is 5.49. The highest BCUT2D eigenvalue weighted by molar-refractivity contribution is 6.30. The van der Waals surface area contributed by atoms with Crippen LogP contribution >= 0.6 is 11.6 Å². The molecule has 1 saturated heterocycles. The molecule has 3 rings (SSSR count). The van der Waals surface area contributed by atoms with Crippen LogP contribution in [0.1, 0.15) is 11.7 Å². The van der Waals surface area contributed by atoms with Crippen molar-refractivity contribution in [2.24, 2.45) is 5.92 Å². The van der Waals surface area contributed by atoms with Gasteiger partial charge in [-0.25, -0.2) is 8.78 Å². The van der Waals surface area contributed by atoms with E-state index in [1.807, 2.05) is 0 Å². The summed E-state index contributed by atoms with van der Waals surface area (Å²) in [5.41, 5.74) is 0.702. The van der Waals surface area contributed by atoms with Gasteiger partial charge in [-0.2, -0.15) is 0 Å². The van der Waals surface area contributed by atoms with Crippen LogP contribution in [-0.2, 0) is 0 Å². The molecule has 21 heavy (non-hydrogen) atoms. The lowest BCUT2D eigenvalue weighted by Gasteiger charge is -2.35. The fourth-order valence-corrected chi connectivity index (χ4v) is 2.46. The summed E-state index contributed by atoms with van der Waals surface area (Å²) in [7, 11) is 0. The summed E-state index contributed by atoms with van der Waals surface area (Å²) in [6.07, 6.45) is -0.334. The summed E-state index contributed by atoms with van der Waals surface area (Å²) < 4.78 is 32.8. The van der Waals surface area contributed by atoms with E-state index in [2.05, 4.69) is 5.32 Å². The number of rotatable bonds is 4. The standard InChI is InChI=1S/C16H14ClF2NO/c17-14-5-4-10(6-15(14)19)16(11-8-20-9-11)21-13-3-1-2-12(18)7-13/h1-7,11,16,20H,8-9H2. The fraction of sp³-hybridized carbons (Fsp3) is 0.250. The van der Waals surface area contributed by atoms with E-state index in [4.69, 9.17) is 16.3 Å². The van der Waals surface area contributed by atoms with Gasteiger partial charge in [-0.05, 0) is 29.8 Å². The number of nitrogens with one attached hydrogen (secondary N) is 1. The van der Waals surface area contributed by atoms with Gasteiger partial charge in [-0.3, -0.25) is 0 Å². The van der Waals surface area contributed by atoms with E-state index in [1.165, 1.54) is 24.3 Å². The lowest BCUT2D eigenvalue weighted by molar-refractivity contribution is 0.0987. The molecule has 1 unspecified atom stereocenters. The molecular formula is C16H14ClF2NO. The molecule has 1 atom stereocenters. The molecule has 5 heteroatoms. The molecule has 1 heterocycles. The highest BCUT2D eigenvalue weighted by atomic mass is 35.5. The molecule has 0 aliphatic carbocycles. The van der Waals surface area contributed by atoms with Crippen molar-refractivity contribution in [3.63, 3.8) is 0 Å². The van der Waals surface area contributed by atoms with E-state index in [0.29, 0.717) is 11.3 Å². The molecule has 0 bridgehead atoms. The van der Waals surface area contributed by atoms with Crippen LogP contribution in [0.4, 0.5) is 8.78 Å². The molecule has 110 valence electrons.